The van der Waals surface area contributed by atoms with E-state index in [9.17, 15) is 89.4 Å². The number of amides is 10. The number of aliphatic hydroxyl groups is 6. The molecule has 41 nitrogen and oxygen atoms in total. The number of hydrogen-bond acceptors (Lipinski definition) is 31. The van der Waals surface area contributed by atoms with E-state index in [1.165, 1.54) is 58.3 Å². The number of halogens is 2. The number of methoxy groups -OCH3 is 1. The van der Waals surface area contributed by atoms with Crippen molar-refractivity contribution < 1.29 is 142 Å². The Bertz CT molecular complexity index is 4970. The van der Waals surface area contributed by atoms with Crippen LogP contribution in [0.3, 0.4) is 0 Å². The number of phenols is 4. The lowest BCUT2D eigenvalue weighted by molar-refractivity contribution is -0.333. The van der Waals surface area contributed by atoms with Crippen molar-refractivity contribution in [2.45, 2.75) is 157 Å². The van der Waals surface area contributed by atoms with Crippen molar-refractivity contribution in [3.63, 3.8) is 0 Å². The first-order valence-electron chi connectivity index (χ1n) is 38.3. The molecule has 17 atom stereocenters. The van der Waals surface area contributed by atoms with Gasteiger partial charge in [-0.1, -0.05) is 55.2 Å². The second kappa shape index (κ2) is 40.7. The average molecular weight is 1760 g/mol. The zero-order chi connectivity index (χ0) is 89.9. The molecule has 0 unspecified atom stereocenters. The van der Waals surface area contributed by atoms with Crippen LogP contribution < -0.4 is 84.4 Å². The van der Waals surface area contributed by atoms with Crippen LogP contribution in [0.15, 0.2) is 91.0 Å². The van der Waals surface area contributed by atoms with E-state index in [1.54, 1.807) is 0 Å². The minimum Gasteiger partial charge on any atom is -0.508 e. The molecule has 0 aromatic heterocycles. The fourth-order valence-electron chi connectivity index (χ4n) is 14.1. The van der Waals surface area contributed by atoms with E-state index in [0.29, 0.717) is 0 Å². The molecule has 10 amide bonds. The summed E-state index contributed by atoms with van der Waals surface area (Å²) in [5, 5.41) is 135. The molecular weight excluding hydrogens is 1660 g/mol. The number of primary amides is 3. The number of fused-ring (bicyclic) bond motifs is 16. The number of phenolic OH excluding ortho intramolecular Hbond substituents is 3. The molecule has 2 fully saturated rings. The molecule has 0 aliphatic carbocycles. The first-order valence-corrected chi connectivity index (χ1v) is 39.1. The first-order chi connectivity index (χ1) is 58.2. The Kier molecular flexibility index (Phi) is 31.0. The van der Waals surface area contributed by atoms with E-state index >= 15 is 9.59 Å². The number of benzene rings is 6. The zero-order valence-electron chi connectivity index (χ0n) is 66.8. The average Bonchev–Trinajstić information content (AvgIpc) is 0.768. The van der Waals surface area contributed by atoms with Gasteiger partial charge < -0.3 is 159 Å². The summed E-state index contributed by atoms with van der Waals surface area (Å²) in [5.41, 5.74) is 19.1. The van der Waals surface area contributed by atoms with Crippen molar-refractivity contribution in [2.24, 2.45) is 28.9 Å². The normalized spacial score (nSPS) is 25.2. The Balaban J connectivity index is 1.10. The second-order valence-corrected chi connectivity index (χ2v) is 30.8. The molecule has 0 saturated carbocycles. The third-order valence-electron chi connectivity index (χ3n) is 20.4. The third-order valence-corrected chi connectivity index (χ3v) is 21.0. The molecule has 43 heteroatoms. The van der Waals surface area contributed by atoms with Gasteiger partial charge in [0, 0.05) is 35.7 Å². The fraction of sp³-hybridized carbons (Fsp3) is 0.425. The second-order valence-electron chi connectivity index (χ2n) is 30.0. The highest BCUT2D eigenvalue weighted by Crippen LogP contribution is 2.50. The van der Waals surface area contributed by atoms with Gasteiger partial charge in [-0.15, -0.1) is 0 Å². The number of nitrogens with one attached hydrogen (secondary N) is 8. The van der Waals surface area contributed by atoms with Crippen LogP contribution in [0, 0.1) is 5.92 Å². The number of aromatic hydroxyl groups is 4. The molecule has 12 rings (SSSR count). The smallest absolute Gasteiger partial charge is 0.256 e. The summed E-state index contributed by atoms with van der Waals surface area (Å²) < 4.78 is 54.6. The van der Waals surface area contributed by atoms with Crippen LogP contribution in [0.4, 0.5) is 5.69 Å². The van der Waals surface area contributed by atoms with Crippen molar-refractivity contribution in [3.05, 3.63) is 134 Å². The van der Waals surface area contributed by atoms with E-state index in [2.05, 4.69) is 42.5 Å². The summed E-state index contributed by atoms with van der Waals surface area (Å²) in [6.07, 6.45) is -19.5. The van der Waals surface area contributed by atoms with Gasteiger partial charge in [0.1, 0.15) is 101 Å². The van der Waals surface area contributed by atoms with Crippen molar-refractivity contribution in [3.8, 4) is 68.6 Å². The minimum atomic E-state index is -2.37. The Morgan fingerprint density at radius 3 is 1.99 bits per heavy atom. The van der Waals surface area contributed by atoms with Gasteiger partial charge in [-0.05, 0) is 128 Å². The number of rotatable bonds is 25. The lowest BCUT2D eigenvalue weighted by Gasteiger charge is -2.47. The molecule has 664 valence electrons. The molecule has 6 aromatic rings. The Morgan fingerprint density at radius 1 is 0.715 bits per heavy atom. The number of carbonyl (C=O) groups is 10. The van der Waals surface area contributed by atoms with Crippen LogP contribution >= 0.6 is 23.2 Å². The predicted octanol–water partition coefficient (Wildman–Crippen LogP) is -0.000200. The predicted molar refractivity (Wildman–Crippen MR) is 430 cm³/mol. The van der Waals surface area contributed by atoms with E-state index in [-0.39, 0.29) is 84.6 Å². The molecule has 123 heavy (non-hydrogen) atoms. The number of ether oxygens (including phenoxy) is 9. The number of aliphatic hydroxyl groups excluding tert-OH is 6. The minimum absolute atomic E-state index is 0.0533. The fourth-order valence-corrected chi connectivity index (χ4v) is 14.6. The van der Waals surface area contributed by atoms with E-state index in [4.69, 9.17) is 88.8 Å². The summed E-state index contributed by atoms with van der Waals surface area (Å²) in [6, 6.07) is 4.37. The van der Waals surface area contributed by atoms with E-state index in [1.807, 2.05) is 13.8 Å². The van der Waals surface area contributed by atoms with Crippen LogP contribution in [-0.2, 0) is 66.8 Å². The maximum absolute atomic E-state index is 16.0. The summed E-state index contributed by atoms with van der Waals surface area (Å²) in [4.78, 5) is 142. The highest BCUT2D eigenvalue weighted by molar-refractivity contribution is 6.32. The van der Waals surface area contributed by atoms with Crippen molar-refractivity contribution >= 4 is 88.0 Å². The van der Waals surface area contributed by atoms with Gasteiger partial charge in [-0.2, -0.15) is 0 Å². The van der Waals surface area contributed by atoms with Crippen LogP contribution in [0.25, 0.3) is 11.1 Å². The Hall–Kier alpha value is -11.5. The molecule has 26 N–H and O–H groups in total. The van der Waals surface area contributed by atoms with Gasteiger partial charge in [0.05, 0.1) is 86.5 Å². The largest absolute Gasteiger partial charge is 0.508 e. The zero-order valence-corrected chi connectivity index (χ0v) is 68.4. The maximum Gasteiger partial charge on any atom is 0.256 e. The van der Waals surface area contributed by atoms with Crippen molar-refractivity contribution in [1.82, 2.24) is 37.2 Å². The summed E-state index contributed by atoms with van der Waals surface area (Å²) in [7, 11) is 2.70. The van der Waals surface area contributed by atoms with Gasteiger partial charge in [-0.3, -0.25) is 47.9 Å². The molecule has 6 heterocycles. The molecular formula is C80H96Cl2N12O29. The molecule has 2 saturated heterocycles. The number of hydrogen-bond donors (Lipinski definition) is 22. The SMILES string of the molecule is CN[C@H](CC(C)C)C(=O)N[C@H]1C(=O)N[C@@H](CC(N)=O)C(=O)N[C@H]2C(=O)N[C@@H](C(N)=O)c3ccc(O)c(c3)-c3c(O)cc(O)cc3[C@H](C(=O)NCCOCCOCC(=O)Nc3ccc(OC)c(C(N)=O)c3O)NC(=O)C[C@H](O)c3ccc(c(Cl)c3)Oc3cc2cc(c3O[C@@H]2O[C@@H](CO)[C@@H](O)[C@H](O)[C@@H]2O[C@@H]2C[C@](C)(N)[C@H](O)[C@@H](C)O2)Oc2ccc(cc2Cl)[C@H]1O. The summed E-state index contributed by atoms with van der Waals surface area (Å²) in [6.45, 7) is 3.91. The van der Waals surface area contributed by atoms with Crippen molar-refractivity contribution in [1.29, 1.82) is 0 Å². The third kappa shape index (κ3) is 22.5. The van der Waals surface area contributed by atoms with E-state index in [0.717, 1.165) is 60.7 Å². The molecule has 6 aromatic carbocycles. The summed E-state index contributed by atoms with van der Waals surface area (Å²) >= 11 is 14.2. The van der Waals surface area contributed by atoms with Gasteiger partial charge in [0.15, 0.2) is 29.6 Å². The van der Waals surface area contributed by atoms with Gasteiger partial charge in [-0.25, -0.2) is 0 Å². The lowest BCUT2D eigenvalue weighted by atomic mass is 9.86. The highest BCUT2D eigenvalue weighted by atomic mass is 35.5. The Morgan fingerprint density at radius 2 is 1.37 bits per heavy atom. The molecule has 6 aliphatic heterocycles. The maximum atomic E-state index is 16.0. The molecule has 6 aliphatic rings. The van der Waals surface area contributed by atoms with Crippen molar-refractivity contribution in [2.75, 3.05) is 59.1 Å². The lowest BCUT2D eigenvalue weighted by Crippen LogP contribution is -2.64. The number of carbonyl (C=O) groups excluding carboxylic acids is 10. The van der Waals surface area contributed by atoms with Gasteiger partial charge >= 0.3 is 0 Å². The molecule has 9 bridgehead atoms. The number of anilines is 1. The monoisotopic (exact) mass is 1760 g/mol. The molecule has 0 spiro atoms. The van der Waals surface area contributed by atoms with Gasteiger partial charge in [0.2, 0.25) is 65.2 Å². The highest BCUT2D eigenvalue weighted by Gasteiger charge is 2.51. The van der Waals surface area contributed by atoms with Crippen LogP contribution in [0.2, 0.25) is 10.0 Å². The first kappa shape index (κ1) is 93.7. The quantitative estimate of drug-likeness (QED) is 0.0265. The number of likely N-dealkylation sites (N-methyl/N-ethyl adjacent to an activating group) is 1. The standard InChI is InChI=1S/C80H96Cl2N12O29/c1-32(2)19-44(87-5)74(110)94-64-65(103)36-9-13-50(42(82)22-36)120-53-24-37-23-52(69(53)123-79-70(68(106)67(105)54(30-95)121-79)122-58-29-80(4,86)71(107)33(3)118-58)119-49-12-8-34(21-41(49)81)47(98)28-56(101)91-63(76(112)88-15-16-116-17-18-117-31-57(102)89-43-10-14-51(115-6)60(66(43)104)72(84)108)40-25-38(96)26-48(99)59(40)39-20-35(7-11-46(39)97)61(73(85)109)92-77(113)62(37)93-75(111)45(27-55(83)100)90-78(64)114/h7-14,20-26,32-33,44-45,47,54,58,61-65,67-68,70-71,79,87,95-99,103-107H,15-19,27-31,86H2,1-6H3,(H2,83,100)(H2,84,108)(H2,85,109)(H,88,112)(H,89,102)(H,90,114)(H,91,101)(H,92,113)(H,93,111)(H,94,110)/t33-,44-,45+,47+,54+,58-,61-,62-,63-,64-,65-,67-,68+,70+,71-,79+,80+/m1/s1. The van der Waals surface area contributed by atoms with Crippen LogP contribution in [0.5, 0.6) is 57.5 Å². The topological polar surface area (TPSA) is 656 Å². The van der Waals surface area contributed by atoms with Crippen LogP contribution in [-0.4, -0.2) is 237 Å². The van der Waals surface area contributed by atoms with Crippen LogP contribution in [0.1, 0.15) is 122 Å². The van der Waals surface area contributed by atoms with E-state index < -0.39 is 267 Å². The van der Waals surface area contributed by atoms with Gasteiger partial charge in [0.25, 0.3) is 5.91 Å². The Labute approximate surface area is 711 Å². The summed E-state index contributed by atoms with van der Waals surface area (Å²) in [5.74, 6) is -17.8. The number of nitrogens with two attached hydrogens (primary N) is 4. The molecule has 0 radical (unpaired) electrons.